The number of anilines is 1. The van der Waals surface area contributed by atoms with Gasteiger partial charge in [-0.1, -0.05) is 42.0 Å². The lowest BCUT2D eigenvalue weighted by Crippen LogP contribution is -2.35. The number of thiazole rings is 1. The van der Waals surface area contributed by atoms with E-state index in [4.69, 9.17) is 4.74 Å². The third kappa shape index (κ3) is 5.95. The summed E-state index contributed by atoms with van der Waals surface area (Å²) in [5.74, 6) is -0.950. The molecule has 1 N–H and O–H groups in total. The van der Waals surface area contributed by atoms with Crippen molar-refractivity contribution >= 4 is 48.6 Å². The highest BCUT2D eigenvalue weighted by atomic mass is 32.2. The Hall–Kier alpha value is -2.82. The second-order valence-corrected chi connectivity index (χ2v) is 10.8. The van der Waals surface area contributed by atoms with E-state index in [1.54, 1.807) is 24.3 Å². The average Bonchev–Trinajstić information content (AvgIpc) is 3.24. The van der Waals surface area contributed by atoms with Gasteiger partial charge in [0.05, 0.1) is 15.1 Å². The SMILES string of the molecule is O=C(COC(=O)CCc1ccc(S(=O)(=O)N2CCCCC2)cc1)Nc1nc2ccccc2s1. The van der Waals surface area contributed by atoms with E-state index in [1.165, 1.54) is 15.6 Å². The van der Waals surface area contributed by atoms with E-state index < -0.39 is 21.9 Å². The number of sulfonamides is 1. The Bertz CT molecular complexity index is 1200. The van der Waals surface area contributed by atoms with Gasteiger partial charge in [0.2, 0.25) is 10.0 Å². The van der Waals surface area contributed by atoms with Crippen LogP contribution in [-0.4, -0.2) is 49.3 Å². The van der Waals surface area contributed by atoms with E-state index >= 15 is 0 Å². The van der Waals surface area contributed by atoms with Crippen molar-refractivity contribution in [3.63, 3.8) is 0 Å². The first-order valence-electron chi connectivity index (χ1n) is 10.8. The molecule has 1 saturated heterocycles. The van der Waals surface area contributed by atoms with E-state index in [0.717, 1.165) is 35.0 Å². The van der Waals surface area contributed by atoms with Crippen LogP contribution in [0, 0.1) is 0 Å². The molecule has 0 unspecified atom stereocenters. The van der Waals surface area contributed by atoms with Gasteiger partial charge in [0.25, 0.3) is 5.91 Å². The molecule has 174 valence electrons. The molecule has 0 aliphatic carbocycles. The fourth-order valence-corrected chi connectivity index (χ4v) is 6.03. The number of ether oxygens (including phenoxy) is 1. The number of aromatic nitrogens is 1. The smallest absolute Gasteiger partial charge is 0.306 e. The van der Waals surface area contributed by atoms with Crippen molar-refractivity contribution < 1.29 is 22.7 Å². The highest BCUT2D eigenvalue weighted by molar-refractivity contribution is 7.89. The zero-order valence-electron chi connectivity index (χ0n) is 18.0. The molecule has 2 heterocycles. The summed E-state index contributed by atoms with van der Waals surface area (Å²) < 4.78 is 33.0. The second-order valence-electron chi connectivity index (χ2n) is 7.80. The zero-order chi connectivity index (χ0) is 23.3. The first kappa shape index (κ1) is 23.3. The molecule has 1 aliphatic heterocycles. The lowest BCUT2D eigenvalue weighted by molar-refractivity contribution is -0.147. The summed E-state index contributed by atoms with van der Waals surface area (Å²) in [6, 6.07) is 14.1. The van der Waals surface area contributed by atoms with Crippen molar-refractivity contribution in [1.29, 1.82) is 0 Å². The summed E-state index contributed by atoms with van der Waals surface area (Å²) in [4.78, 5) is 28.7. The predicted molar refractivity (Wildman–Crippen MR) is 127 cm³/mol. The molecule has 33 heavy (non-hydrogen) atoms. The Morgan fingerprint density at radius 1 is 1.03 bits per heavy atom. The van der Waals surface area contributed by atoms with Crippen LogP contribution in [0.1, 0.15) is 31.2 Å². The van der Waals surface area contributed by atoms with Crippen molar-refractivity contribution in [3.8, 4) is 0 Å². The Morgan fingerprint density at radius 3 is 2.48 bits per heavy atom. The highest BCUT2D eigenvalue weighted by Gasteiger charge is 2.25. The molecule has 0 bridgehead atoms. The summed E-state index contributed by atoms with van der Waals surface area (Å²) in [6.45, 7) is 0.729. The molecule has 2 aromatic carbocycles. The van der Waals surface area contributed by atoms with Crippen molar-refractivity contribution in [2.75, 3.05) is 25.0 Å². The largest absolute Gasteiger partial charge is 0.456 e. The monoisotopic (exact) mass is 487 g/mol. The number of aryl methyl sites for hydroxylation is 1. The molecule has 0 atom stereocenters. The maximum atomic E-state index is 12.7. The van der Waals surface area contributed by atoms with Crippen molar-refractivity contribution in [3.05, 3.63) is 54.1 Å². The quantitative estimate of drug-likeness (QED) is 0.487. The van der Waals surface area contributed by atoms with Gasteiger partial charge in [-0.15, -0.1) is 0 Å². The van der Waals surface area contributed by atoms with Crippen molar-refractivity contribution in [1.82, 2.24) is 9.29 Å². The zero-order valence-corrected chi connectivity index (χ0v) is 19.7. The van der Waals surface area contributed by atoms with Crippen LogP contribution < -0.4 is 5.32 Å². The summed E-state index contributed by atoms with van der Waals surface area (Å²) in [5.41, 5.74) is 1.62. The number of carbonyl (C=O) groups is 2. The van der Waals surface area contributed by atoms with Gasteiger partial charge in [0.1, 0.15) is 0 Å². The normalized spacial score (nSPS) is 14.8. The Balaban J connectivity index is 1.22. The third-order valence-electron chi connectivity index (χ3n) is 5.40. The van der Waals surface area contributed by atoms with Gasteiger partial charge in [-0.05, 0) is 49.1 Å². The van der Waals surface area contributed by atoms with Crippen LogP contribution in [0.25, 0.3) is 10.2 Å². The van der Waals surface area contributed by atoms with Crippen LogP contribution in [0.5, 0.6) is 0 Å². The molecule has 0 spiro atoms. The van der Waals surface area contributed by atoms with Crippen LogP contribution in [0.15, 0.2) is 53.4 Å². The summed E-state index contributed by atoms with van der Waals surface area (Å²) in [6.07, 6.45) is 3.32. The first-order chi connectivity index (χ1) is 15.9. The maximum Gasteiger partial charge on any atom is 0.306 e. The van der Waals surface area contributed by atoms with Gasteiger partial charge in [-0.2, -0.15) is 4.31 Å². The minimum atomic E-state index is -3.47. The fourth-order valence-electron chi connectivity index (χ4n) is 3.63. The molecule has 1 fully saturated rings. The number of piperidine rings is 1. The second kappa shape index (κ2) is 10.4. The Kier molecular flexibility index (Phi) is 7.36. The van der Waals surface area contributed by atoms with E-state index in [2.05, 4.69) is 10.3 Å². The van der Waals surface area contributed by atoms with E-state index in [0.29, 0.717) is 24.6 Å². The van der Waals surface area contributed by atoms with Crippen LogP contribution in [-0.2, 0) is 30.8 Å². The van der Waals surface area contributed by atoms with Crippen molar-refractivity contribution in [2.24, 2.45) is 0 Å². The maximum absolute atomic E-state index is 12.7. The Morgan fingerprint density at radius 2 is 1.76 bits per heavy atom. The van der Waals surface area contributed by atoms with Crippen LogP contribution in [0.2, 0.25) is 0 Å². The molecule has 3 aromatic rings. The molecule has 10 heteroatoms. The lowest BCUT2D eigenvalue weighted by atomic mass is 10.1. The number of nitrogens with zero attached hydrogens (tertiary/aromatic N) is 2. The van der Waals surface area contributed by atoms with Gasteiger partial charge >= 0.3 is 5.97 Å². The number of carbonyl (C=O) groups excluding carboxylic acids is 2. The van der Waals surface area contributed by atoms with Gasteiger partial charge in [-0.25, -0.2) is 13.4 Å². The lowest BCUT2D eigenvalue weighted by Gasteiger charge is -2.25. The minimum Gasteiger partial charge on any atom is -0.456 e. The molecule has 8 nitrogen and oxygen atoms in total. The van der Waals surface area contributed by atoms with Crippen LogP contribution in [0.4, 0.5) is 5.13 Å². The number of para-hydroxylation sites is 1. The van der Waals surface area contributed by atoms with E-state index in [1.807, 2.05) is 24.3 Å². The molecular weight excluding hydrogens is 462 g/mol. The number of benzene rings is 2. The first-order valence-corrected chi connectivity index (χ1v) is 13.1. The predicted octanol–water partition coefficient (Wildman–Crippen LogP) is 3.59. The summed E-state index contributed by atoms with van der Waals surface area (Å²) >= 11 is 1.35. The molecule has 4 rings (SSSR count). The molecule has 0 saturated carbocycles. The van der Waals surface area contributed by atoms with Crippen LogP contribution >= 0.6 is 11.3 Å². The number of amides is 1. The summed E-state index contributed by atoms with van der Waals surface area (Å²) in [5, 5.41) is 3.09. The summed E-state index contributed by atoms with van der Waals surface area (Å²) in [7, 11) is -3.47. The minimum absolute atomic E-state index is 0.0899. The number of rotatable bonds is 8. The number of hydrogen-bond acceptors (Lipinski definition) is 7. The molecule has 1 amide bonds. The highest BCUT2D eigenvalue weighted by Crippen LogP contribution is 2.25. The molecular formula is C23H25N3O5S2. The standard InChI is InChI=1S/C23H25N3O5S2/c27-21(25-23-24-19-6-2-3-7-20(19)32-23)16-31-22(28)13-10-17-8-11-18(12-9-17)33(29,30)26-14-4-1-5-15-26/h2-3,6-9,11-12H,1,4-5,10,13-16H2,(H,24,25,27). The molecule has 1 aromatic heterocycles. The van der Waals surface area contributed by atoms with E-state index in [9.17, 15) is 18.0 Å². The number of nitrogens with one attached hydrogen (secondary N) is 1. The number of fused-ring (bicyclic) bond motifs is 1. The fraction of sp³-hybridized carbons (Fsp3) is 0.348. The Labute approximate surface area is 196 Å². The van der Waals surface area contributed by atoms with Gasteiger partial charge in [0, 0.05) is 19.5 Å². The van der Waals surface area contributed by atoms with Gasteiger partial charge in [-0.3, -0.25) is 14.9 Å². The van der Waals surface area contributed by atoms with Crippen molar-refractivity contribution in [2.45, 2.75) is 37.0 Å². The van der Waals surface area contributed by atoms with Gasteiger partial charge in [0.15, 0.2) is 11.7 Å². The average molecular weight is 488 g/mol. The topological polar surface area (TPSA) is 106 Å². The van der Waals surface area contributed by atoms with Gasteiger partial charge < -0.3 is 4.74 Å². The third-order valence-corrected chi connectivity index (χ3v) is 8.26. The molecule has 1 aliphatic rings. The van der Waals surface area contributed by atoms with E-state index in [-0.39, 0.29) is 17.9 Å². The van der Waals surface area contributed by atoms with Crippen LogP contribution in [0.3, 0.4) is 0 Å². The number of hydrogen-bond donors (Lipinski definition) is 1. The number of esters is 1. The molecule has 0 radical (unpaired) electrons.